The molecule has 2 N–H and O–H groups in total. The lowest BCUT2D eigenvalue weighted by molar-refractivity contribution is -0.137. The molecule has 0 bridgehead atoms. The molecule has 6 heteroatoms. The van der Waals surface area contributed by atoms with E-state index in [1.807, 2.05) is 26.8 Å². The fourth-order valence-electron chi connectivity index (χ4n) is 4.99. The second-order valence-corrected chi connectivity index (χ2v) is 10.8. The first-order valence-corrected chi connectivity index (χ1v) is 12.4. The van der Waals surface area contributed by atoms with Crippen LogP contribution in [0.25, 0.3) is 0 Å². The van der Waals surface area contributed by atoms with Crippen LogP contribution < -0.4 is 5.32 Å². The van der Waals surface area contributed by atoms with Crippen LogP contribution in [0.1, 0.15) is 79.2 Å². The molecule has 0 aromatic heterocycles. The SMILES string of the molecule is CC/C(=C\CN(C)C(=O)C1(NC(=O)CCCCC(C)(C)c2ccccc2)C(C)C1(C)C)C(=O)O. The van der Waals surface area contributed by atoms with Crippen LogP contribution in [0.3, 0.4) is 0 Å². The van der Waals surface area contributed by atoms with Gasteiger partial charge in [-0.3, -0.25) is 9.59 Å². The Labute approximate surface area is 204 Å². The Hall–Kier alpha value is -2.63. The number of hydrogen-bond acceptors (Lipinski definition) is 3. The van der Waals surface area contributed by atoms with Crippen molar-refractivity contribution in [3.63, 3.8) is 0 Å². The number of likely N-dealkylation sites (N-methyl/N-ethyl adjacent to an activating group) is 1. The van der Waals surface area contributed by atoms with Gasteiger partial charge in [-0.15, -0.1) is 0 Å². The smallest absolute Gasteiger partial charge is 0.331 e. The van der Waals surface area contributed by atoms with Crippen LogP contribution in [0.4, 0.5) is 0 Å². The van der Waals surface area contributed by atoms with E-state index in [4.69, 9.17) is 0 Å². The maximum absolute atomic E-state index is 13.4. The lowest BCUT2D eigenvalue weighted by Crippen LogP contribution is -2.53. The van der Waals surface area contributed by atoms with E-state index < -0.39 is 11.5 Å². The van der Waals surface area contributed by atoms with Crippen LogP contribution >= 0.6 is 0 Å². The molecule has 1 aromatic rings. The van der Waals surface area contributed by atoms with Crippen molar-refractivity contribution in [2.45, 2.75) is 84.6 Å². The molecule has 0 heterocycles. The zero-order valence-electron chi connectivity index (χ0n) is 21.9. The molecular weight excluding hydrogens is 428 g/mol. The first-order valence-electron chi connectivity index (χ1n) is 12.4. The highest BCUT2D eigenvalue weighted by Gasteiger charge is 2.74. The topological polar surface area (TPSA) is 86.7 Å². The molecule has 0 saturated heterocycles. The Morgan fingerprint density at radius 2 is 1.74 bits per heavy atom. The molecule has 1 aliphatic carbocycles. The minimum Gasteiger partial charge on any atom is -0.478 e. The standard InChI is InChI=1S/C28H42N2O4/c1-8-21(24(32)33)17-19-30(7)25(34)28(20(2)27(28,5)6)29-23(31)16-12-13-18-26(3,4)22-14-10-9-11-15-22/h9-11,14-15,17,20H,8,12-13,16,18-19H2,1-7H3,(H,29,31)(H,32,33)/b21-17+. The number of carbonyl (C=O) groups is 3. The van der Waals surface area contributed by atoms with E-state index in [0.717, 1.165) is 19.3 Å². The zero-order valence-corrected chi connectivity index (χ0v) is 21.9. The summed E-state index contributed by atoms with van der Waals surface area (Å²) in [6, 6.07) is 10.4. The number of amides is 2. The van der Waals surface area contributed by atoms with Gasteiger partial charge < -0.3 is 15.3 Å². The number of benzene rings is 1. The number of unbranched alkanes of at least 4 members (excludes halogenated alkanes) is 1. The first kappa shape index (κ1) is 27.6. The number of hydrogen-bond donors (Lipinski definition) is 2. The third kappa shape index (κ3) is 5.70. The Balaban J connectivity index is 1.96. The van der Waals surface area contributed by atoms with Gasteiger partial charge in [0.15, 0.2) is 0 Å². The van der Waals surface area contributed by atoms with E-state index in [2.05, 4.69) is 43.4 Å². The highest BCUT2D eigenvalue weighted by molar-refractivity contribution is 5.96. The molecule has 1 aromatic carbocycles. The van der Waals surface area contributed by atoms with E-state index in [1.165, 1.54) is 10.5 Å². The molecule has 2 amide bonds. The van der Waals surface area contributed by atoms with Crippen molar-refractivity contribution in [2.24, 2.45) is 11.3 Å². The summed E-state index contributed by atoms with van der Waals surface area (Å²) in [6.07, 6.45) is 5.01. The van der Waals surface area contributed by atoms with Gasteiger partial charge in [0.2, 0.25) is 11.8 Å². The normalized spacial score (nSPS) is 21.6. The predicted octanol–water partition coefficient (Wildman–Crippen LogP) is 4.93. The fraction of sp³-hybridized carbons (Fsp3) is 0.607. The molecule has 2 unspecified atom stereocenters. The van der Waals surface area contributed by atoms with Gasteiger partial charge >= 0.3 is 5.97 Å². The van der Waals surface area contributed by atoms with Gasteiger partial charge in [-0.1, -0.05) is 84.4 Å². The van der Waals surface area contributed by atoms with Crippen molar-refractivity contribution in [3.8, 4) is 0 Å². The van der Waals surface area contributed by atoms with Gasteiger partial charge in [-0.25, -0.2) is 4.79 Å². The molecule has 1 fully saturated rings. The summed E-state index contributed by atoms with van der Waals surface area (Å²) < 4.78 is 0. The Morgan fingerprint density at radius 3 is 2.24 bits per heavy atom. The fourth-order valence-corrected chi connectivity index (χ4v) is 4.99. The van der Waals surface area contributed by atoms with E-state index in [-0.39, 0.29) is 40.7 Å². The molecule has 0 aliphatic heterocycles. The number of rotatable bonds is 12. The van der Waals surface area contributed by atoms with Gasteiger partial charge in [0.25, 0.3) is 0 Å². The van der Waals surface area contributed by atoms with E-state index in [0.29, 0.717) is 12.8 Å². The van der Waals surface area contributed by atoms with Crippen molar-refractivity contribution < 1.29 is 19.5 Å². The quantitative estimate of drug-likeness (QED) is 0.335. The van der Waals surface area contributed by atoms with Crippen LogP contribution in [0, 0.1) is 11.3 Å². The van der Waals surface area contributed by atoms with Crippen molar-refractivity contribution >= 4 is 17.8 Å². The summed E-state index contributed by atoms with van der Waals surface area (Å²) in [4.78, 5) is 39.1. The average Bonchev–Trinajstić information content (AvgIpc) is 3.22. The van der Waals surface area contributed by atoms with Gasteiger partial charge in [-0.05, 0) is 36.2 Å². The summed E-state index contributed by atoms with van der Waals surface area (Å²) in [7, 11) is 1.66. The molecule has 2 atom stereocenters. The third-order valence-corrected chi connectivity index (χ3v) is 7.96. The number of carboxylic acid groups (broad SMARTS) is 1. The monoisotopic (exact) mass is 470 g/mol. The number of carbonyl (C=O) groups excluding carboxylic acids is 2. The molecule has 0 spiro atoms. The summed E-state index contributed by atoms with van der Waals surface area (Å²) in [5, 5.41) is 12.3. The second-order valence-electron chi connectivity index (χ2n) is 10.8. The molecule has 6 nitrogen and oxygen atoms in total. The van der Waals surface area contributed by atoms with Crippen molar-refractivity contribution in [1.29, 1.82) is 0 Å². The van der Waals surface area contributed by atoms with Gasteiger partial charge in [-0.2, -0.15) is 0 Å². The maximum Gasteiger partial charge on any atom is 0.331 e. The van der Waals surface area contributed by atoms with Crippen molar-refractivity contribution in [2.75, 3.05) is 13.6 Å². The van der Waals surface area contributed by atoms with E-state index >= 15 is 0 Å². The Bertz CT molecular complexity index is 920. The predicted molar refractivity (Wildman–Crippen MR) is 135 cm³/mol. The number of aliphatic carboxylic acids is 1. The van der Waals surface area contributed by atoms with Crippen LogP contribution in [0.2, 0.25) is 0 Å². The van der Waals surface area contributed by atoms with Gasteiger partial charge in [0.1, 0.15) is 5.54 Å². The Kier molecular flexibility index (Phi) is 8.73. The summed E-state index contributed by atoms with van der Waals surface area (Å²) in [6.45, 7) is 12.4. The van der Waals surface area contributed by atoms with Crippen LogP contribution in [-0.4, -0.2) is 46.9 Å². The number of nitrogens with zero attached hydrogens (tertiary/aromatic N) is 1. The van der Waals surface area contributed by atoms with Gasteiger partial charge in [0.05, 0.1) is 0 Å². The molecule has 188 valence electrons. The third-order valence-electron chi connectivity index (χ3n) is 7.96. The van der Waals surface area contributed by atoms with Crippen LogP contribution in [-0.2, 0) is 19.8 Å². The largest absolute Gasteiger partial charge is 0.478 e. The Morgan fingerprint density at radius 1 is 1.15 bits per heavy atom. The summed E-state index contributed by atoms with van der Waals surface area (Å²) >= 11 is 0. The minimum absolute atomic E-state index is 0.00925. The van der Waals surface area contributed by atoms with Crippen molar-refractivity contribution in [3.05, 3.63) is 47.5 Å². The highest BCUT2D eigenvalue weighted by Crippen LogP contribution is 2.62. The summed E-state index contributed by atoms with van der Waals surface area (Å²) in [5.41, 5.74) is 0.299. The maximum atomic E-state index is 13.4. The lowest BCUT2D eigenvalue weighted by atomic mass is 9.80. The molecular formula is C28H42N2O4. The van der Waals surface area contributed by atoms with Crippen LogP contribution in [0.5, 0.6) is 0 Å². The molecule has 1 saturated carbocycles. The van der Waals surface area contributed by atoms with E-state index in [1.54, 1.807) is 20.0 Å². The van der Waals surface area contributed by atoms with Crippen molar-refractivity contribution in [1.82, 2.24) is 10.2 Å². The second kappa shape index (κ2) is 10.7. The molecule has 1 aliphatic rings. The first-order chi connectivity index (χ1) is 15.8. The average molecular weight is 471 g/mol. The minimum atomic E-state index is -0.970. The zero-order chi connectivity index (χ0) is 25.7. The van der Waals surface area contributed by atoms with Gasteiger partial charge in [0, 0.05) is 31.0 Å². The van der Waals surface area contributed by atoms with E-state index in [9.17, 15) is 19.5 Å². The molecule has 34 heavy (non-hydrogen) atoms. The highest BCUT2D eigenvalue weighted by atomic mass is 16.4. The van der Waals surface area contributed by atoms with Crippen LogP contribution in [0.15, 0.2) is 42.0 Å². The lowest BCUT2D eigenvalue weighted by Gasteiger charge is -2.27. The number of carboxylic acids is 1. The number of nitrogens with one attached hydrogen (secondary N) is 1. The molecule has 0 radical (unpaired) electrons. The summed E-state index contributed by atoms with van der Waals surface area (Å²) in [5.74, 6) is -1.25. The molecule has 2 rings (SSSR count).